The Labute approximate surface area is 202 Å². The minimum Gasteiger partial charge on any atom is -0.350 e. The van der Waals surface area contributed by atoms with Crippen molar-refractivity contribution in [2.75, 3.05) is 13.6 Å². The number of alkyl halides is 3. The largest absolute Gasteiger partial charge is 0.416 e. The number of aromatic nitrogens is 2. The molecule has 1 heterocycles. The summed E-state index contributed by atoms with van der Waals surface area (Å²) in [6.07, 6.45) is -0.784. The molecule has 3 aromatic rings. The fourth-order valence-corrected chi connectivity index (χ4v) is 2.89. The number of rotatable bonds is 4. The third-order valence-electron chi connectivity index (χ3n) is 4.48. The molecule has 0 saturated carbocycles. The van der Waals surface area contributed by atoms with Crippen molar-refractivity contribution in [2.45, 2.75) is 19.1 Å². The van der Waals surface area contributed by atoms with Crippen LogP contribution in [0.2, 0.25) is 0 Å². The highest BCUT2D eigenvalue weighted by atomic mass is 127. The Balaban J connectivity index is 0.00000363. The second-order valence-electron chi connectivity index (χ2n) is 6.72. The van der Waals surface area contributed by atoms with Crippen LogP contribution in [0.4, 0.5) is 13.2 Å². The van der Waals surface area contributed by atoms with Crippen LogP contribution < -0.4 is 10.6 Å². The van der Waals surface area contributed by atoms with Gasteiger partial charge in [0.1, 0.15) is 0 Å². The molecule has 0 bridgehead atoms. The van der Waals surface area contributed by atoms with Gasteiger partial charge in [0.15, 0.2) is 5.96 Å². The lowest BCUT2D eigenvalue weighted by molar-refractivity contribution is -0.137. The first-order valence-electron chi connectivity index (χ1n) is 9.60. The number of halogens is 4. The van der Waals surface area contributed by atoms with E-state index in [1.165, 1.54) is 6.07 Å². The van der Waals surface area contributed by atoms with Crippen molar-refractivity contribution in [1.82, 2.24) is 20.4 Å². The first-order valence-corrected chi connectivity index (χ1v) is 9.60. The molecule has 0 aliphatic carbocycles. The summed E-state index contributed by atoms with van der Waals surface area (Å²) in [6.45, 7) is 2.24. The SMILES string of the molecule is CN=C(NCC#Cc1cccc(C(F)(F)F)c1)NC(C)c1cccc(-n2cccn2)c1.I. The van der Waals surface area contributed by atoms with Crippen LogP contribution in [0.15, 0.2) is 72.0 Å². The summed E-state index contributed by atoms with van der Waals surface area (Å²) in [6, 6.07) is 14.7. The van der Waals surface area contributed by atoms with Crippen molar-refractivity contribution in [2.24, 2.45) is 4.99 Å². The second kappa shape index (κ2) is 11.6. The highest BCUT2D eigenvalue weighted by Crippen LogP contribution is 2.29. The van der Waals surface area contributed by atoms with Crippen molar-refractivity contribution in [3.05, 3.63) is 83.7 Å². The Hall–Kier alpha value is -3.00. The van der Waals surface area contributed by atoms with E-state index in [4.69, 9.17) is 0 Å². The molecule has 0 spiro atoms. The molecular formula is C23H23F3IN5. The van der Waals surface area contributed by atoms with Gasteiger partial charge in [-0.05, 0) is 48.9 Å². The van der Waals surface area contributed by atoms with Crippen molar-refractivity contribution < 1.29 is 13.2 Å². The van der Waals surface area contributed by atoms with Crippen LogP contribution in [0.3, 0.4) is 0 Å². The molecule has 1 unspecified atom stereocenters. The minimum atomic E-state index is -4.38. The summed E-state index contributed by atoms with van der Waals surface area (Å²) in [4.78, 5) is 4.18. The summed E-state index contributed by atoms with van der Waals surface area (Å²) < 4.78 is 40.1. The number of nitrogens with one attached hydrogen (secondary N) is 2. The van der Waals surface area contributed by atoms with Crippen LogP contribution in [0, 0.1) is 11.8 Å². The molecule has 0 radical (unpaired) electrons. The van der Waals surface area contributed by atoms with Gasteiger partial charge in [-0.1, -0.05) is 30.0 Å². The Morgan fingerprint density at radius 2 is 1.94 bits per heavy atom. The lowest BCUT2D eigenvalue weighted by atomic mass is 10.1. The summed E-state index contributed by atoms with van der Waals surface area (Å²) >= 11 is 0. The number of guanidine groups is 1. The van der Waals surface area contributed by atoms with Crippen molar-refractivity contribution in [3.8, 4) is 17.5 Å². The zero-order valence-electron chi connectivity index (χ0n) is 17.5. The van der Waals surface area contributed by atoms with Gasteiger partial charge in [0.2, 0.25) is 0 Å². The standard InChI is InChI=1S/C23H22F3N5.HI/c1-17(19-9-4-11-21(16-19)31-14-6-13-29-31)30-22(27-2)28-12-5-8-18-7-3-10-20(15-18)23(24,25)26;/h3-4,6-7,9-11,13-17H,12H2,1-2H3,(H2,27,28,30);1H. The molecule has 2 aromatic carbocycles. The zero-order chi connectivity index (χ0) is 22.3. The molecule has 1 aromatic heterocycles. The summed E-state index contributed by atoms with van der Waals surface area (Å²) in [5.74, 6) is 6.10. The van der Waals surface area contributed by atoms with Gasteiger partial charge in [0.05, 0.1) is 23.8 Å². The number of nitrogens with zero attached hydrogens (tertiary/aromatic N) is 3. The monoisotopic (exact) mass is 553 g/mol. The highest BCUT2D eigenvalue weighted by molar-refractivity contribution is 14.0. The van der Waals surface area contributed by atoms with Gasteiger partial charge in [-0.25, -0.2) is 4.68 Å². The Bertz CT molecular complexity index is 1100. The minimum absolute atomic E-state index is 0. The van der Waals surface area contributed by atoms with Crippen LogP contribution >= 0.6 is 24.0 Å². The maximum absolute atomic E-state index is 12.8. The van der Waals surface area contributed by atoms with Gasteiger partial charge in [0, 0.05) is 25.0 Å². The topological polar surface area (TPSA) is 54.2 Å². The van der Waals surface area contributed by atoms with Crippen LogP contribution in [0.5, 0.6) is 0 Å². The van der Waals surface area contributed by atoms with E-state index < -0.39 is 11.7 Å². The summed E-state index contributed by atoms with van der Waals surface area (Å²) in [5, 5.41) is 10.6. The summed E-state index contributed by atoms with van der Waals surface area (Å²) in [5.41, 5.74) is 1.59. The molecule has 1 atom stereocenters. The molecule has 0 amide bonds. The molecule has 0 aliphatic heterocycles. The molecular weight excluding hydrogens is 530 g/mol. The fraction of sp³-hybridized carbons (Fsp3) is 0.217. The van der Waals surface area contributed by atoms with Crippen molar-refractivity contribution in [1.29, 1.82) is 0 Å². The predicted molar refractivity (Wildman–Crippen MR) is 130 cm³/mol. The van der Waals surface area contributed by atoms with Crippen LogP contribution in [-0.4, -0.2) is 29.3 Å². The van der Waals surface area contributed by atoms with Gasteiger partial charge in [0.25, 0.3) is 0 Å². The van der Waals surface area contributed by atoms with E-state index in [9.17, 15) is 13.2 Å². The molecule has 0 fully saturated rings. The highest BCUT2D eigenvalue weighted by Gasteiger charge is 2.30. The molecule has 5 nitrogen and oxygen atoms in total. The molecule has 3 rings (SSSR count). The van der Waals surface area contributed by atoms with E-state index >= 15 is 0 Å². The van der Waals surface area contributed by atoms with E-state index in [1.54, 1.807) is 24.0 Å². The van der Waals surface area contributed by atoms with Crippen LogP contribution in [-0.2, 0) is 6.18 Å². The third kappa shape index (κ3) is 7.02. The smallest absolute Gasteiger partial charge is 0.350 e. The van der Waals surface area contributed by atoms with E-state index in [1.807, 2.05) is 43.5 Å². The lowest BCUT2D eigenvalue weighted by Crippen LogP contribution is -2.38. The fourth-order valence-electron chi connectivity index (χ4n) is 2.89. The van der Waals surface area contributed by atoms with E-state index in [0.717, 1.165) is 23.4 Å². The lowest BCUT2D eigenvalue weighted by Gasteiger charge is -2.18. The molecule has 168 valence electrons. The van der Waals surface area contributed by atoms with Crippen LogP contribution in [0.1, 0.15) is 29.7 Å². The molecule has 32 heavy (non-hydrogen) atoms. The number of aliphatic imine (C=N–C) groups is 1. The first-order chi connectivity index (χ1) is 14.9. The maximum Gasteiger partial charge on any atom is 0.416 e. The number of hydrogen-bond donors (Lipinski definition) is 2. The average molecular weight is 553 g/mol. The van der Waals surface area contributed by atoms with Gasteiger partial charge in [-0.15, -0.1) is 24.0 Å². The van der Waals surface area contributed by atoms with Gasteiger partial charge in [-0.3, -0.25) is 4.99 Å². The third-order valence-corrected chi connectivity index (χ3v) is 4.48. The maximum atomic E-state index is 12.8. The summed E-state index contributed by atoms with van der Waals surface area (Å²) in [7, 11) is 1.64. The zero-order valence-corrected chi connectivity index (χ0v) is 19.8. The van der Waals surface area contributed by atoms with Gasteiger partial charge >= 0.3 is 6.18 Å². The normalized spacial score (nSPS) is 12.2. The van der Waals surface area contributed by atoms with Crippen molar-refractivity contribution >= 4 is 29.9 Å². The molecule has 2 N–H and O–H groups in total. The van der Waals surface area contributed by atoms with Crippen LogP contribution in [0.25, 0.3) is 5.69 Å². The molecule has 0 aliphatic rings. The Kier molecular flexibility index (Phi) is 9.13. The van der Waals surface area contributed by atoms with Gasteiger partial charge < -0.3 is 10.6 Å². The van der Waals surface area contributed by atoms with E-state index in [-0.39, 0.29) is 36.6 Å². The number of hydrogen-bond acceptors (Lipinski definition) is 2. The number of benzene rings is 2. The van der Waals surface area contributed by atoms with Crippen molar-refractivity contribution in [3.63, 3.8) is 0 Å². The molecule has 0 saturated heterocycles. The Morgan fingerprint density at radius 1 is 1.16 bits per heavy atom. The van der Waals surface area contributed by atoms with E-state index in [2.05, 4.69) is 32.6 Å². The first kappa shape index (κ1) is 25.3. The quantitative estimate of drug-likeness (QED) is 0.212. The van der Waals surface area contributed by atoms with Gasteiger partial charge in [-0.2, -0.15) is 18.3 Å². The predicted octanol–water partition coefficient (Wildman–Crippen LogP) is 4.79. The molecule has 9 heteroatoms. The average Bonchev–Trinajstić information content (AvgIpc) is 3.30. The van der Waals surface area contributed by atoms with E-state index in [0.29, 0.717) is 11.5 Å². The second-order valence-corrected chi connectivity index (χ2v) is 6.72. The Morgan fingerprint density at radius 3 is 2.62 bits per heavy atom.